The Morgan fingerprint density at radius 3 is 2.75 bits per heavy atom. The van der Waals surface area contributed by atoms with Crippen LogP contribution >= 0.6 is 22.9 Å². The second-order valence-electron chi connectivity index (χ2n) is 3.93. The fourth-order valence-electron chi connectivity index (χ4n) is 1.45. The number of benzene rings is 1. The van der Waals surface area contributed by atoms with E-state index in [2.05, 4.69) is 0 Å². The van der Waals surface area contributed by atoms with Crippen molar-refractivity contribution in [2.45, 2.75) is 13.0 Å². The molecule has 0 fully saturated rings. The summed E-state index contributed by atoms with van der Waals surface area (Å²) < 4.78 is 18.3. The Balaban J connectivity index is 2.39. The van der Waals surface area contributed by atoms with E-state index >= 15 is 0 Å². The average Bonchev–Trinajstić information content (AvgIpc) is 2.77. The van der Waals surface area contributed by atoms with E-state index in [1.54, 1.807) is 0 Å². The first kappa shape index (κ1) is 14.7. The molecule has 0 spiro atoms. The van der Waals surface area contributed by atoms with Gasteiger partial charge in [-0.3, -0.25) is 10.1 Å². The lowest BCUT2D eigenvalue weighted by molar-refractivity contribution is -0.385. The third kappa shape index (κ3) is 3.06. The molecule has 0 aliphatic carbocycles. The summed E-state index contributed by atoms with van der Waals surface area (Å²) in [5.41, 5.74) is -0.272. The molecular weight excluding hydrogens is 309 g/mol. The van der Waals surface area contributed by atoms with Crippen LogP contribution in [0.1, 0.15) is 17.9 Å². The molecule has 20 heavy (non-hydrogen) atoms. The number of aliphatic hydroxyl groups is 1. The van der Waals surface area contributed by atoms with Crippen LogP contribution in [0, 0.1) is 15.9 Å². The summed E-state index contributed by atoms with van der Waals surface area (Å²) in [7, 11) is 0. The lowest BCUT2D eigenvalue weighted by Gasteiger charge is -2.04. The van der Waals surface area contributed by atoms with Gasteiger partial charge in [0.25, 0.3) is 5.06 Å². The summed E-state index contributed by atoms with van der Waals surface area (Å²) in [6.45, 7) is 1.49. The molecule has 106 valence electrons. The van der Waals surface area contributed by atoms with Crippen LogP contribution < -0.4 is 4.74 Å². The molecular formula is C12H9ClFNO4S. The van der Waals surface area contributed by atoms with Crippen molar-refractivity contribution in [2.24, 2.45) is 0 Å². The number of aliphatic hydroxyl groups excluding tert-OH is 1. The van der Waals surface area contributed by atoms with Crippen molar-refractivity contribution in [3.8, 4) is 10.8 Å². The molecule has 1 N–H and O–H groups in total. The molecule has 2 aromatic rings. The second-order valence-corrected chi connectivity index (χ2v) is 5.38. The number of thiophene rings is 1. The van der Waals surface area contributed by atoms with Crippen LogP contribution in [-0.4, -0.2) is 10.0 Å². The molecule has 0 aliphatic rings. The van der Waals surface area contributed by atoms with Gasteiger partial charge in [0.2, 0.25) is 0 Å². The summed E-state index contributed by atoms with van der Waals surface area (Å²) in [6.07, 6.45) is -0.847. The highest BCUT2D eigenvalue weighted by molar-refractivity contribution is 7.14. The standard InChI is InChI=1S/C12H9ClFNO4S/c1-6(16)11-5-9(15(17)18)12(20-11)19-10-3-2-7(14)4-8(10)13/h2-6,16H,1H3. The summed E-state index contributed by atoms with van der Waals surface area (Å²) in [6, 6.07) is 4.70. The van der Waals surface area contributed by atoms with Gasteiger partial charge in [-0.15, -0.1) is 0 Å². The van der Waals surface area contributed by atoms with Crippen LogP contribution in [0.5, 0.6) is 10.8 Å². The summed E-state index contributed by atoms with van der Waals surface area (Å²) in [5, 5.41) is 20.4. The van der Waals surface area contributed by atoms with Gasteiger partial charge in [-0.25, -0.2) is 4.39 Å². The van der Waals surface area contributed by atoms with Crippen molar-refractivity contribution in [1.29, 1.82) is 0 Å². The Bertz CT molecular complexity index is 659. The number of nitrogens with zero attached hydrogens (tertiary/aromatic N) is 1. The van der Waals surface area contributed by atoms with Crippen molar-refractivity contribution in [3.05, 3.63) is 50.1 Å². The quantitative estimate of drug-likeness (QED) is 0.674. The van der Waals surface area contributed by atoms with Crippen LogP contribution in [0.25, 0.3) is 0 Å². The SMILES string of the molecule is CC(O)c1cc([N+](=O)[O-])c(Oc2ccc(F)cc2Cl)s1. The zero-order valence-corrected chi connectivity index (χ0v) is 11.7. The number of hydrogen-bond donors (Lipinski definition) is 1. The molecule has 8 heteroatoms. The predicted octanol–water partition coefficient (Wildman–Crippen LogP) is 4.29. The van der Waals surface area contributed by atoms with Crippen molar-refractivity contribution < 1.29 is 19.2 Å². The molecule has 0 aliphatic heterocycles. The summed E-state index contributed by atoms with van der Waals surface area (Å²) >= 11 is 6.74. The fraction of sp³-hybridized carbons (Fsp3) is 0.167. The Morgan fingerprint density at radius 2 is 2.20 bits per heavy atom. The number of ether oxygens (including phenoxy) is 1. The minimum atomic E-state index is -0.847. The Hall–Kier alpha value is -1.70. The molecule has 1 aromatic carbocycles. The molecule has 0 saturated carbocycles. The van der Waals surface area contributed by atoms with E-state index in [0.717, 1.165) is 23.5 Å². The van der Waals surface area contributed by atoms with E-state index in [0.29, 0.717) is 4.88 Å². The first-order chi connectivity index (χ1) is 9.38. The molecule has 1 atom stereocenters. The minimum absolute atomic E-state index is 0.00583. The molecule has 1 unspecified atom stereocenters. The van der Waals surface area contributed by atoms with E-state index < -0.39 is 16.8 Å². The van der Waals surface area contributed by atoms with Crippen LogP contribution in [0.15, 0.2) is 24.3 Å². The summed E-state index contributed by atoms with van der Waals surface area (Å²) in [5.74, 6) is -0.428. The van der Waals surface area contributed by atoms with Gasteiger partial charge in [0.05, 0.1) is 16.0 Å². The maximum absolute atomic E-state index is 12.9. The molecule has 1 aromatic heterocycles. The predicted molar refractivity (Wildman–Crippen MR) is 73.1 cm³/mol. The van der Waals surface area contributed by atoms with E-state index in [1.165, 1.54) is 19.1 Å². The number of hydrogen-bond acceptors (Lipinski definition) is 5. The van der Waals surface area contributed by atoms with E-state index in [-0.39, 0.29) is 21.5 Å². The molecule has 1 heterocycles. The molecule has 0 bridgehead atoms. The normalized spacial score (nSPS) is 12.2. The van der Waals surface area contributed by atoms with Crippen LogP contribution in [-0.2, 0) is 0 Å². The molecule has 0 saturated heterocycles. The lowest BCUT2D eigenvalue weighted by Crippen LogP contribution is -1.90. The molecule has 5 nitrogen and oxygen atoms in total. The van der Waals surface area contributed by atoms with Crippen LogP contribution in [0.2, 0.25) is 5.02 Å². The van der Waals surface area contributed by atoms with Crippen molar-refractivity contribution in [2.75, 3.05) is 0 Å². The highest BCUT2D eigenvalue weighted by Crippen LogP contribution is 2.43. The first-order valence-corrected chi connectivity index (χ1v) is 6.67. The van der Waals surface area contributed by atoms with Gasteiger partial charge in [0.1, 0.15) is 11.6 Å². The topological polar surface area (TPSA) is 72.6 Å². The Morgan fingerprint density at radius 1 is 1.50 bits per heavy atom. The highest BCUT2D eigenvalue weighted by atomic mass is 35.5. The minimum Gasteiger partial charge on any atom is -0.438 e. The van der Waals surface area contributed by atoms with Crippen LogP contribution in [0.3, 0.4) is 0 Å². The molecule has 2 rings (SSSR count). The van der Waals surface area contributed by atoms with E-state index in [9.17, 15) is 19.6 Å². The number of halogens is 2. The summed E-state index contributed by atoms with van der Waals surface area (Å²) in [4.78, 5) is 10.7. The first-order valence-electron chi connectivity index (χ1n) is 5.47. The average molecular weight is 318 g/mol. The Kier molecular flexibility index (Phi) is 4.22. The van der Waals surface area contributed by atoms with Gasteiger partial charge in [-0.05, 0) is 25.1 Å². The second kappa shape index (κ2) is 5.74. The van der Waals surface area contributed by atoms with Gasteiger partial charge < -0.3 is 9.84 Å². The number of rotatable bonds is 4. The van der Waals surface area contributed by atoms with Gasteiger partial charge in [-0.1, -0.05) is 22.9 Å². The van der Waals surface area contributed by atoms with Gasteiger partial charge >= 0.3 is 5.69 Å². The van der Waals surface area contributed by atoms with E-state index in [4.69, 9.17) is 16.3 Å². The molecule has 0 radical (unpaired) electrons. The third-order valence-corrected chi connectivity index (χ3v) is 3.87. The maximum atomic E-state index is 12.9. The third-order valence-electron chi connectivity index (χ3n) is 2.40. The largest absolute Gasteiger partial charge is 0.438 e. The fourth-order valence-corrected chi connectivity index (χ4v) is 2.58. The zero-order valence-electron chi connectivity index (χ0n) is 10.2. The maximum Gasteiger partial charge on any atom is 0.323 e. The highest BCUT2D eigenvalue weighted by Gasteiger charge is 2.23. The van der Waals surface area contributed by atoms with Crippen molar-refractivity contribution >= 4 is 28.6 Å². The zero-order chi connectivity index (χ0) is 14.9. The molecule has 0 amide bonds. The Labute approximate surface area is 122 Å². The van der Waals surface area contributed by atoms with Crippen molar-refractivity contribution in [3.63, 3.8) is 0 Å². The van der Waals surface area contributed by atoms with Crippen molar-refractivity contribution in [1.82, 2.24) is 0 Å². The van der Waals surface area contributed by atoms with Crippen LogP contribution in [0.4, 0.5) is 10.1 Å². The lowest BCUT2D eigenvalue weighted by atomic mass is 10.3. The van der Waals surface area contributed by atoms with Gasteiger partial charge in [0.15, 0.2) is 0 Å². The smallest absolute Gasteiger partial charge is 0.323 e. The van der Waals surface area contributed by atoms with Gasteiger partial charge in [-0.2, -0.15) is 0 Å². The van der Waals surface area contributed by atoms with Gasteiger partial charge in [0, 0.05) is 10.9 Å². The monoisotopic (exact) mass is 317 g/mol. The van der Waals surface area contributed by atoms with E-state index in [1.807, 2.05) is 0 Å². The number of nitro groups is 1.